The molecule has 2 aromatic carbocycles. The lowest BCUT2D eigenvalue weighted by Crippen LogP contribution is -2.30. The second kappa shape index (κ2) is 10.4. The molecule has 1 saturated heterocycles. The van der Waals surface area contributed by atoms with Gasteiger partial charge < -0.3 is 19.5 Å². The average molecular weight is 497 g/mol. The van der Waals surface area contributed by atoms with E-state index >= 15 is 0 Å². The first-order valence-corrected chi connectivity index (χ1v) is 12.0. The lowest BCUT2D eigenvalue weighted by atomic mass is 10.2. The highest BCUT2D eigenvalue weighted by Crippen LogP contribution is 2.30. The summed E-state index contributed by atoms with van der Waals surface area (Å²) in [7, 11) is -0.895. The summed E-state index contributed by atoms with van der Waals surface area (Å²) < 4.78 is 42.7. The van der Waals surface area contributed by atoms with E-state index in [1.54, 1.807) is 18.2 Å². The number of rotatable bonds is 8. The number of sulfonamides is 1. The van der Waals surface area contributed by atoms with Crippen LogP contribution in [0.5, 0.6) is 11.5 Å². The molecule has 33 heavy (non-hydrogen) atoms. The smallest absolute Gasteiger partial charge is 0.338 e. The van der Waals surface area contributed by atoms with Crippen molar-refractivity contribution in [1.29, 1.82) is 0 Å². The van der Waals surface area contributed by atoms with Gasteiger partial charge >= 0.3 is 5.97 Å². The quantitative estimate of drug-likeness (QED) is 0.558. The van der Waals surface area contributed by atoms with E-state index in [-0.39, 0.29) is 15.5 Å². The lowest BCUT2D eigenvalue weighted by molar-refractivity contribution is -0.123. The number of nitrogens with zero attached hydrogens (tertiary/aromatic N) is 1. The third-order valence-electron chi connectivity index (χ3n) is 5.17. The Morgan fingerprint density at radius 1 is 1.06 bits per heavy atom. The predicted octanol–water partition coefficient (Wildman–Crippen LogP) is 3.33. The van der Waals surface area contributed by atoms with Crippen LogP contribution in [-0.2, 0) is 19.6 Å². The monoisotopic (exact) mass is 496 g/mol. The van der Waals surface area contributed by atoms with E-state index in [4.69, 9.17) is 25.8 Å². The van der Waals surface area contributed by atoms with E-state index < -0.39 is 28.0 Å². The number of amides is 1. The molecular formula is C22H25ClN2O7S. The summed E-state index contributed by atoms with van der Waals surface area (Å²) in [5.74, 6) is -0.556. The van der Waals surface area contributed by atoms with Crippen LogP contribution in [0, 0.1) is 0 Å². The fourth-order valence-corrected chi connectivity index (χ4v) is 5.34. The molecule has 1 fully saturated rings. The van der Waals surface area contributed by atoms with Gasteiger partial charge in [-0.1, -0.05) is 11.6 Å². The number of methoxy groups -OCH3 is 2. The summed E-state index contributed by atoms with van der Waals surface area (Å²) in [6.45, 7) is 2.20. The fourth-order valence-electron chi connectivity index (χ4n) is 3.32. The lowest BCUT2D eigenvalue weighted by Gasteiger charge is -2.18. The zero-order valence-electron chi connectivity index (χ0n) is 18.5. The van der Waals surface area contributed by atoms with E-state index in [1.807, 2.05) is 0 Å². The Bertz CT molecular complexity index is 1150. The van der Waals surface area contributed by atoms with Gasteiger partial charge in [0.1, 0.15) is 16.4 Å². The second-order valence-corrected chi connectivity index (χ2v) is 9.67. The number of anilines is 1. The molecule has 1 aliphatic rings. The molecule has 0 radical (unpaired) electrons. The predicted molar refractivity (Wildman–Crippen MR) is 122 cm³/mol. The van der Waals surface area contributed by atoms with Crippen LogP contribution in [0.25, 0.3) is 0 Å². The van der Waals surface area contributed by atoms with E-state index in [9.17, 15) is 18.0 Å². The molecule has 1 aliphatic heterocycles. The van der Waals surface area contributed by atoms with Crippen molar-refractivity contribution in [2.24, 2.45) is 0 Å². The molecule has 1 N–H and O–H groups in total. The molecule has 2 aromatic rings. The molecular weight excluding hydrogens is 472 g/mol. The molecule has 1 heterocycles. The van der Waals surface area contributed by atoms with Gasteiger partial charge in [-0.3, -0.25) is 4.79 Å². The van der Waals surface area contributed by atoms with Gasteiger partial charge in [-0.2, -0.15) is 4.31 Å². The van der Waals surface area contributed by atoms with Gasteiger partial charge in [0.05, 0.1) is 30.5 Å². The molecule has 0 spiro atoms. The van der Waals surface area contributed by atoms with Gasteiger partial charge in [0.2, 0.25) is 10.0 Å². The van der Waals surface area contributed by atoms with E-state index in [0.717, 1.165) is 12.8 Å². The Hall–Kier alpha value is -2.82. The first-order chi connectivity index (χ1) is 15.7. The number of hydrogen-bond donors (Lipinski definition) is 1. The maximum absolute atomic E-state index is 12.9. The number of hydrogen-bond acceptors (Lipinski definition) is 7. The highest BCUT2D eigenvalue weighted by Gasteiger charge is 2.30. The van der Waals surface area contributed by atoms with Crippen LogP contribution in [0.2, 0.25) is 5.02 Å². The van der Waals surface area contributed by atoms with Crippen LogP contribution in [0.15, 0.2) is 41.3 Å². The van der Waals surface area contributed by atoms with Gasteiger partial charge in [-0.05, 0) is 50.1 Å². The van der Waals surface area contributed by atoms with Gasteiger partial charge in [0.25, 0.3) is 5.91 Å². The van der Waals surface area contributed by atoms with Crippen LogP contribution in [0.3, 0.4) is 0 Å². The summed E-state index contributed by atoms with van der Waals surface area (Å²) in [4.78, 5) is 25.1. The molecule has 3 rings (SSSR count). The third-order valence-corrected chi connectivity index (χ3v) is 7.55. The van der Waals surface area contributed by atoms with Crippen LogP contribution < -0.4 is 14.8 Å². The van der Waals surface area contributed by atoms with Crippen LogP contribution in [0.1, 0.15) is 30.1 Å². The molecule has 0 saturated carbocycles. The van der Waals surface area contributed by atoms with Crippen molar-refractivity contribution in [2.45, 2.75) is 30.8 Å². The summed E-state index contributed by atoms with van der Waals surface area (Å²) >= 11 is 6.12. The van der Waals surface area contributed by atoms with E-state index in [2.05, 4.69) is 5.32 Å². The van der Waals surface area contributed by atoms with E-state index in [1.165, 1.54) is 43.6 Å². The van der Waals surface area contributed by atoms with Crippen molar-refractivity contribution in [3.05, 3.63) is 47.0 Å². The Morgan fingerprint density at radius 2 is 1.76 bits per heavy atom. The summed E-state index contributed by atoms with van der Waals surface area (Å²) in [6.07, 6.45) is 0.356. The minimum absolute atomic E-state index is 0.00867. The number of esters is 1. The summed E-state index contributed by atoms with van der Waals surface area (Å²) in [5.41, 5.74) is 0.311. The largest absolute Gasteiger partial charge is 0.497 e. The zero-order valence-corrected chi connectivity index (χ0v) is 20.0. The van der Waals surface area contributed by atoms with Crippen molar-refractivity contribution in [2.75, 3.05) is 32.6 Å². The molecule has 1 amide bonds. The molecule has 178 valence electrons. The highest BCUT2D eigenvalue weighted by atomic mass is 35.5. The Labute approximate surface area is 197 Å². The van der Waals surface area contributed by atoms with Gasteiger partial charge in [0, 0.05) is 19.2 Å². The van der Waals surface area contributed by atoms with Crippen molar-refractivity contribution < 1.29 is 32.2 Å². The molecule has 1 unspecified atom stereocenters. The van der Waals surface area contributed by atoms with Crippen LogP contribution >= 0.6 is 11.6 Å². The first-order valence-electron chi connectivity index (χ1n) is 10.2. The van der Waals surface area contributed by atoms with Crippen molar-refractivity contribution in [3.63, 3.8) is 0 Å². The first kappa shape index (κ1) is 24.8. The maximum atomic E-state index is 12.9. The number of carbonyl (C=O) groups is 2. The topological polar surface area (TPSA) is 111 Å². The number of halogens is 1. The number of ether oxygens (including phenoxy) is 3. The van der Waals surface area contributed by atoms with Crippen molar-refractivity contribution >= 4 is 39.2 Å². The minimum Gasteiger partial charge on any atom is -0.497 e. The Morgan fingerprint density at radius 3 is 2.39 bits per heavy atom. The molecule has 0 aromatic heterocycles. The van der Waals surface area contributed by atoms with E-state index in [0.29, 0.717) is 30.3 Å². The highest BCUT2D eigenvalue weighted by molar-refractivity contribution is 7.89. The summed E-state index contributed by atoms with van der Waals surface area (Å²) in [5, 5.41) is 2.64. The SMILES string of the molecule is COc1ccc(OC)c(NC(=O)C(C)OC(=O)c2ccc(Cl)c(S(=O)(=O)N3CCCC3)c2)c1. The fraction of sp³-hybridized carbons (Fsp3) is 0.364. The molecule has 9 nitrogen and oxygen atoms in total. The van der Waals surface area contributed by atoms with Crippen LogP contribution in [-0.4, -0.2) is 58.0 Å². The second-order valence-electron chi connectivity index (χ2n) is 7.36. The summed E-state index contributed by atoms with van der Waals surface area (Å²) in [6, 6.07) is 8.72. The van der Waals surface area contributed by atoms with Crippen molar-refractivity contribution in [1.82, 2.24) is 4.31 Å². The average Bonchev–Trinajstić information content (AvgIpc) is 3.35. The molecule has 11 heteroatoms. The van der Waals surface area contributed by atoms with Crippen LogP contribution in [0.4, 0.5) is 5.69 Å². The van der Waals surface area contributed by atoms with Gasteiger partial charge in [0.15, 0.2) is 6.10 Å². The molecule has 0 bridgehead atoms. The Balaban J connectivity index is 1.74. The third kappa shape index (κ3) is 5.58. The normalized spacial score (nSPS) is 15.0. The zero-order chi connectivity index (χ0) is 24.2. The van der Waals surface area contributed by atoms with Gasteiger partial charge in [-0.15, -0.1) is 0 Å². The number of benzene rings is 2. The Kier molecular flexibility index (Phi) is 7.83. The molecule has 0 aliphatic carbocycles. The standard InChI is InChI=1S/C22H25ClN2O7S/c1-14(21(26)24-18-13-16(30-2)7-9-19(18)31-3)32-22(27)15-6-8-17(23)20(12-15)33(28,29)25-10-4-5-11-25/h6-9,12-14H,4-5,10-11H2,1-3H3,(H,24,26). The van der Waals surface area contributed by atoms with Gasteiger partial charge in [-0.25, -0.2) is 13.2 Å². The maximum Gasteiger partial charge on any atom is 0.338 e. The number of nitrogens with one attached hydrogen (secondary N) is 1. The molecule has 1 atom stereocenters. The van der Waals surface area contributed by atoms with Crippen molar-refractivity contribution in [3.8, 4) is 11.5 Å². The minimum atomic E-state index is -3.84. The number of carbonyl (C=O) groups excluding carboxylic acids is 2.